The van der Waals surface area contributed by atoms with Crippen molar-refractivity contribution in [3.05, 3.63) is 11.6 Å². The van der Waals surface area contributed by atoms with Crippen molar-refractivity contribution in [1.82, 2.24) is 20.1 Å². The maximum Gasteiger partial charge on any atom is 0.471 e. The molecule has 0 aromatic carbocycles. The number of halogens is 3. The van der Waals surface area contributed by atoms with E-state index in [0.717, 1.165) is 7.05 Å². The van der Waals surface area contributed by atoms with E-state index < -0.39 is 12.1 Å². The molecule has 8 heteroatoms. The van der Waals surface area contributed by atoms with E-state index >= 15 is 0 Å². The summed E-state index contributed by atoms with van der Waals surface area (Å²) in [5.41, 5.74) is 0. The van der Waals surface area contributed by atoms with E-state index in [2.05, 4.69) is 15.2 Å². The highest BCUT2D eigenvalue weighted by Crippen LogP contribution is 2.18. The molecule has 1 aromatic rings. The van der Waals surface area contributed by atoms with Crippen molar-refractivity contribution < 1.29 is 18.0 Å². The highest BCUT2D eigenvalue weighted by Gasteiger charge is 2.41. The minimum Gasteiger partial charge on any atom is -0.330 e. The number of hydrogen-bond acceptors (Lipinski definition) is 3. The van der Waals surface area contributed by atoms with Gasteiger partial charge in [-0.3, -0.25) is 9.89 Å². The topological polar surface area (TPSA) is 61.9 Å². The van der Waals surface area contributed by atoms with Crippen LogP contribution in [0.15, 0.2) is 0 Å². The molecular weight excluding hydrogens is 213 g/mol. The standard InChI is InChI=1S/C7H9F3N4O/c1-4-11-5(13-12-4)3-14(2)6(15)7(8,9)10/h3H2,1-2H3,(H,11,12,13). The van der Waals surface area contributed by atoms with Gasteiger partial charge in [0.05, 0.1) is 6.54 Å². The summed E-state index contributed by atoms with van der Waals surface area (Å²) in [5, 5.41) is 6.09. The van der Waals surface area contributed by atoms with E-state index in [4.69, 9.17) is 0 Å². The molecule has 0 saturated carbocycles. The van der Waals surface area contributed by atoms with Gasteiger partial charge < -0.3 is 4.90 Å². The monoisotopic (exact) mass is 222 g/mol. The lowest BCUT2D eigenvalue weighted by Crippen LogP contribution is -2.38. The van der Waals surface area contributed by atoms with Crippen LogP contribution >= 0.6 is 0 Å². The summed E-state index contributed by atoms with van der Waals surface area (Å²) >= 11 is 0. The van der Waals surface area contributed by atoms with Gasteiger partial charge in [-0.1, -0.05) is 0 Å². The predicted molar refractivity (Wildman–Crippen MR) is 43.6 cm³/mol. The van der Waals surface area contributed by atoms with Crippen LogP contribution in [0, 0.1) is 6.92 Å². The number of carbonyl (C=O) groups is 1. The van der Waals surface area contributed by atoms with Gasteiger partial charge in [0.2, 0.25) is 0 Å². The van der Waals surface area contributed by atoms with Gasteiger partial charge in [0, 0.05) is 7.05 Å². The third-order valence-electron chi connectivity index (χ3n) is 1.61. The molecule has 0 aliphatic rings. The van der Waals surface area contributed by atoms with Crippen molar-refractivity contribution >= 4 is 5.91 Å². The molecule has 0 saturated heterocycles. The van der Waals surface area contributed by atoms with Crippen molar-refractivity contribution in [3.8, 4) is 0 Å². The van der Waals surface area contributed by atoms with Crippen LogP contribution in [0.1, 0.15) is 11.6 Å². The Labute approximate surface area is 83.3 Å². The van der Waals surface area contributed by atoms with Crippen LogP contribution in [0.25, 0.3) is 0 Å². The van der Waals surface area contributed by atoms with Crippen molar-refractivity contribution in [2.45, 2.75) is 19.6 Å². The van der Waals surface area contributed by atoms with Gasteiger partial charge in [0.25, 0.3) is 0 Å². The lowest BCUT2D eigenvalue weighted by molar-refractivity contribution is -0.184. The Kier molecular flexibility index (Phi) is 2.96. The number of aryl methyl sites for hydroxylation is 1. The van der Waals surface area contributed by atoms with Crippen molar-refractivity contribution in [2.24, 2.45) is 0 Å². The van der Waals surface area contributed by atoms with Crippen molar-refractivity contribution in [3.63, 3.8) is 0 Å². The summed E-state index contributed by atoms with van der Waals surface area (Å²) in [7, 11) is 1.04. The maximum absolute atomic E-state index is 12.0. The number of hydrogen-bond donors (Lipinski definition) is 1. The minimum atomic E-state index is -4.86. The van der Waals surface area contributed by atoms with Gasteiger partial charge in [0.1, 0.15) is 5.82 Å². The van der Waals surface area contributed by atoms with Crippen LogP contribution in [0.5, 0.6) is 0 Å². The molecular formula is C7H9F3N4O. The largest absolute Gasteiger partial charge is 0.471 e. The van der Waals surface area contributed by atoms with Crippen LogP contribution in [-0.2, 0) is 11.3 Å². The number of aromatic amines is 1. The van der Waals surface area contributed by atoms with Crippen LogP contribution in [-0.4, -0.2) is 39.2 Å². The summed E-state index contributed by atoms with van der Waals surface area (Å²) in [6, 6.07) is 0. The summed E-state index contributed by atoms with van der Waals surface area (Å²) in [5.74, 6) is -1.28. The lowest BCUT2D eigenvalue weighted by atomic mass is 10.4. The molecule has 84 valence electrons. The number of nitrogens with one attached hydrogen (secondary N) is 1. The van der Waals surface area contributed by atoms with Crippen LogP contribution in [0.2, 0.25) is 0 Å². The smallest absolute Gasteiger partial charge is 0.330 e. The fraction of sp³-hybridized carbons (Fsp3) is 0.571. The van der Waals surface area contributed by atoms with E-state index in [1.54, 1.807) is 6.92 Å². The molecule has 1 heterocycles. The summed E-state index contributed by atoms with van der Waals surface area (Å²) in [4.78, 5) is 15.0. The first-order chi connectivity index (χ1) is 6.80. The van der Waals surface area contributed by atoms with Gasteiger partial charge >= 0.3 is 12.1 Å². The van der Waals surface area contributed by atoms with Crippen LogP contribution < -0.4 is 0 Å². The van der Waals surface area contributed by atoms with E-state index in [1.807, 2.05) is 0 Å². The predicted octanol–water partition coefficient (Wildman–Crippen LogP) is 0.634. The Hall–Kier alpha value is -1.60. The Morgan fingerprint density at radius 3 is 2.53 bits per heavy atom. The van der Waals surface area contributed by atoms with E-state index in [1.165, 1.54) is 0 Å². The second-order valence-electron chi connectivity index (χ2n) is 3.00. The first-order valence-corrected chi connectivity index (χ1v) is 4.01. The maximum atomic E-state index is 12.0. The molecule has 0 unspecified atom stereocenters. The number of aromatic nitrogens is 3. The second kappa shape index (κ2) is 3.87. The molecule has 0 atom stereocenters. The normalized spacial score (nSPS) is 11.5. The Balaban J connectivity index is 2.64. The van der Waals surface area contributed by atoms with Crippen molar-refractivity contribution in [2.75, 3.05) is 7.05 Å². The zero-order valence-corrected chi connectivity index (χ0v) is 8.09. The average molecular weight is 222 g/mol. The van der Waals surface area contributed by atoms with Crippen LogP contribution in [0.4, 0.5) is 13.2 Å². The van der Waals surface area contributed by atoms with Crippen molar-refractivity contribution in [1.29, 1.82) is 0 Å². The Morgan fingerprint density at radius 2 is 2.13 bits per heavy atom. The zero-order valence-electron chi connectivity index (χ0n) is 8.09. The molecule has 0 aliphatic heterocycles. The third kappa shape index (κ3) is 2.93. The summed E-state index contributed by atoms with van der Waals surface area (Å²) in [6.07, 6.45) is -4.86. The molecule has 0 spiro atoms. The second-order valence-corrected chi connectivity index (χ2v) is 3.00. The number of carbonyl (C=O) groups excluding carboxylic acids is 1. The minimum absolute atomic E-state index is 0.146. The molecule has 15 heavy (non-hydrogen) atoms. The quantitative estimate of drug-likeness (QED) is 0.798. The average Bonchev–Trinajstić information content (AvgIpc) is 2.48. The zero-order chi connectivity index (χ0) is 11.6. The molecule has 5 nitrogen and oxygen atoms in total. The number of amides is 1. The van der Waals surface area contributed by atoms with Gasteiger partial charge in [-0.2, -0.15) is 18.3 Å². The van der Waals surface area contributed by atoms with E-state index in [-0.39, 0.29) is 12.4 Å². The summed E-state index contributed by atoms with van der Waals surface area (Å²) in [6.45, 7) is 1.34. The Bertz CT molecular complexity index is 359. The van der Waals surface area contributed by atoms with Gasteiger partial charge in [-0.25, -0.2) is 4.98 Å². The fourth-order valence-electron chi connectivity index (χ4n) is 0.960. The van der Waals surface area contributed by atoms with E-state index in [9.17, 15) is 18.0 Å². The molecule has 0 bridgehead atoms. The molecule has 0 aliphatic carbocycles. The number of rotatable bonds is 2. The van der Waals surface area contributed by atoms with E-state index in [0.29, 0.717) is 10.7 Å². The number of alkyl halides is 3. The summed E-state index contributed by atoms with van der Waals surface area (Å²) < 4.78 is 35.9. The molecule has 0 fully saturated rings. The Morgan fingerprint density at radius 1 is 1.53 bits per heavy atom. The highest BCUT2D eigenvalue weighted by atomic mass is 19.4. The molecule has 0 radical (unpaired) electrons. The van der Waals surface area contributed by atoms with Gasteiger partial charge in [0.15, 0.2) is 5.82 Å². The molecule has 1 aromatic heterocycles. The highest BCUT2D eigenvalue weighted by molar-refractivity contribution is 5.81. The molecule has 1 N–H and O–H groups in total. The van der Waals surface area contributed by atoms with Gasteiger partial charge in [-0.15, -0.1) is 0 Å². The molecule has 1 amide bonds. The van der Waals surface area contributed by atoms with Gasteiger partial charge in [-0.05, 0) is 6.92 Å². The SMILES string of the molecule is Cc1nc(CN(C)C(=O)C(F)(F)F)n[nH]1. The fourth-order valence-corrected chi connectivity index (χ4v) is 0.960. The lowest BCUT2D eigenvalue weighted by Gasteiger charge is -2.16. The molecule has 1 rings (SSSR count). The number of nitrogens with zero attached hydrogens (tertiary/aromatic N) is 3. The third-order valence-corrected chi connectivity index (χ3v) is 1.61. The number of H-pyrrole nitrogens is 1. The first-order valence-electron chi connectivity index (χ1n) is 4.01. The first kappa shape index (κ1) is 11.5. The van der Waals surface area contributed by atoms with Crippen LogP contribution in [0.3, 0.4) is 0 Å².